The maximum absolute atomic E-state index is 5.90. The van der Waals surface area contributed by atoms with Gasteiger partial charge in [-0.05, 0) is 37.8 Å². The Hall–Kier alpha value is -1.36. The minimum atomic E-state index is 0.182. The first-order valence-electron chi connectivity index (χ1n) is 6.20. The lowest BCUT2D eigenvalue weighted by molar-refractivity contribution is 0.331. The van der Waals surface area contributed by atoms with Crippen LogP contribution >= 0.6 is 11.6 Å². The van der Waals surface area contributed by atoms with Gasteiger partial charge < -0.3 is 9.64 Å². The van der Waals surface area contributed by atoms with Gasteiger partial charge >= 0.3 is 6.01 Å². The van der Waals surface area contributed by atoms with Crippen LogP contribution in [0.5, 0.6) is 6.01 Å². The van der Waals surface area contributed by atoms with Crippen molar-refractivity contribution in [1.82, 2.24) is 15.0 Å². The van der Waals surface area contributed by atoms with Crippen LogP contribution in [0.3, 0.4) is 0 Å². The second-order valence-electron chi connectivity index (χ2n) is 4.11. The Morgan fingerprint density at radius 2 is 2.00 bits per heavy atom. The number of allylic oxidation sites excluding steroid dienone is 1. The first-order valence-corrected chi connectivity index (χ1v) is 6.58. The van der Waals surface area contributed by atoms with Crippen LogP contribution in [0.2, 0.25) is 5.28 Å². The van der Waals surface area contributed by atoms with Crippen molar-refractivity contribution in [2.24, 2.45) is 0 Å². The number of hydrogen-bond acceptors (Lipinski definition) is 5. The molecule has 6 heteroatoms. The predicted octanol–water partition coefficient (Wildman–Crippen LogP) is 2.47. The normalized spacial score (nSPS) is 16.2. The molecule has 0 saturated carbocycles. The lowest BCUT2D eigenvalue weighted by Crippen LogP contribution is -2.31. The van der Waals surface area contributed by atoms with Crippen LogP contribution in [-0.2, 0) is 0 Å². The number of ether oxygens (including phenoxy) is 1. The molecule has 1 saturated heterocycles. The lowest BCUT2D eigenvalue weighted by atomic mass is 10.1. The zero-order chi connectivity index (χ0) is 12.8. The van der Waals surface area contributed by atoms with E-state index in [-0.39, 0.29) is 11.3 Å². The summed E-state index contributed by atoms with van der Waals surface area (Å²) in [7, 11) is 0. The van der Waals surface area contributed by atoms with E-state index in [1.807, 2.05) is 19.1 Å². The van der Waals surface area contributed by atoms with E-state index in [4.69, 9.17) is 16.3 Å². The van der Waals surface area contributed by atoms with E-state index >= 15 is 0 Å². The van der Waals surface area contributed by atoms with Crippen molar-refractivity contribution >= 4 is 17.5 Å². The Labute approximate surface area is 112 Å². The highest BCUT2D eigenvalue weighted by molar-refractivity contribution is 6.28. The van der Waals surface area contributed by atoms with E-state index in [1.54, 1.807) is 0 Å². The smallest absolute Gasteiger partial charge is 0.322 e. The zero-order valence-electron chi connectivity index (χ0n) is 10.5. The summed E-state index contributed by atoms with van der Waals surface area (Å²) in [4.78, 5) is 14.5. The largest absolute Gasteiger partial charge is 0.459 e. The van der Waals surface area contributed by atoms with Gasteiger partial charge in [-0.3, -0.25) is 0 Å². The maximum atomic E-state index is 5.90. The van der Waals surface area contributed by atoms with Gasteiger partial charge in [0.05, 0.1) is 0 Å². The molecule has 1 aliphatic rings. The summed E-state index contributed by atoms with van der Waals surface area (Å²) in [6, 6.07) is 0.286. The molecule has 1 aromatic heterocycles. The number of piperidine rings is 1. The maximum Gasteiger partial charge on any atom is 0.322 e. The molecule has 5 nitrogen and oxygen atoms in total. The Balaban J connectivity index is 2.09. The molecule has 1 fully saturated rings. The molecule has 2 heterocycles. The quantitative estimate of drug-likeness (QED) is 0.785. The van der Waals surface area contributed by atoms with Crippen LogP contribution in [0.25, 0.3) is 0 Å². The van der Waals surface area contributed by atoms with Crippen molar-refractivity contribution in [3.05, 3.63) is 17.4 Å². The number of rotatable bonds is 4. The predicted molar refractivity (Wildman–Crippen MR) is 71.2 cm³/mol. The Kier molecular flexibility index (Phi) is 4.75. The summed E-state index contributed by atoms with van der Waals surface area (Å²) >= 11 is 5.90. The number of aromatic nitrogens is 3. The van der Waals surface area contributed by atoms with Crippen LogP contribution in [0.4, 0.5) is 5.95 Å². The summed E-state index contributed by atoms with van der Waals surface area (Å²) in [5, 5.41) is 0.182. The SMILES string of the molecule is C/C=C/COc1nc(Cl)nc(N2CCCCC2)n1. The zero-order valence-corrected chi connectivity index (χ0v) is 11.2. The molecule has 18 heavy (non-hydrogen) atoms. The molecule has 1 aromatic rings. The topological polar surface area (TPSA) is 51.1 Å². The van der Waals surface area contributed by atoms with E-state index in [9.17, 15) is 0 Å². The van der Waals surface area contributed by atoms with Gasteiger partial charge in [-0.25, -0.2) is 0 Å². The van der Waals surface area contributed by atoms with Gasteiger partial charge in [0, 0.05) is 13.1 Å². The summed E-state index contributed by atoms with van der Waals surface area (Å²) in [5.74, 6) is 0.616. The van der Waals surface area contributed by atoms with Crippen molar-refractivity contribution in [2.45, 2.75) is 26.2 Å². The van der Waals surface area contributed by atoms with Gasteiger partial charge in [0.1, 0.15) is 6.61 Å². The van der Waals surface area contributed by atoms with Gasteiger partial charge in [0.2, 0.25) is 11.2 Å². The highest BCUT2D eigenvalue weighted by Gasteiger charge is 2.15. The van der Waals surface area contributed by atoms with E-state index in [1.165, 1.54) is 6.42 Å². The molecule has 0 radical (unpaired) electrons. The highest BCUT2D eigenvalue weighted by atomic mass is 35.5. The lowest BCUT2D eigenvalue weighted by Gasteiger charge is -2.26. The van der Waals surface area contributed by atoms with E-state index in [0.717, 1.165) is 25.9 Å². The van der Waals surface area contributed by atoms with E-state index < -0.39 is 0 Å². The van der Waals surface area contributed by atoms with E-state index in [0.29, 0.717) is 12.6 Å². The average Bonchev–Trinajstić information content (AvgIpc) is 2.39. The number of nitrogens with zero attached hydrogens (tertiary/aromatic N) is 4. The van der Waals surface area contributed by atoms with Crippen molar-refractivity contribution in [3.8, 4) is 6.01 Å². The van der Waals surface area contributed by atoms with Crippen LogP contribution in [-0.4, -0.2) is 34.6 Å². The van der Waals surface area contributed by atoms with Crippen molar-refractivity contribution in [1.29, 1.82) is 0 Å². The summed E-state index contributed by atoms with van der Waals surface area (Å²) in [6.45, 7) is 4.31. The second-order valence-corrected chi connectivity index (χ2v) is 4.45. The summed E-state index contributed by atoms with van der Waals surface area (Å²) in [5.41, 5.74) is 0. The van der Waals surface area contributed by atoms with Crippen LogP contribution in [0.1, 0.15) is 26.2 Å². The molecule has 0 aromatic carbocycles. The van der Waals surface area contributed by atoms with Crippen molar-refractivity contribution < 1.29 is 4.74 Å². The molecule has 0 amide bonds. The third-order valence-electron chi connectivity index (χ3n) is 2.76. The van der Waals surface area contributed by atoms with Crippen molar-refractivity contribution in [2.75, 3.05) is 24.6 Å². The Morgan fingerprint density at radius 1 is 1.22 bits per heavy atom. The van der Waals surface area contributed by atoms with Gasteiger partial charge in [0.15, 0.2) is 0 Å². The highest BCUT2D eigenvalue weighted by Crippen LogP contribution is 2.19. The van der Waals surface area contributed by atoms with Gasteiger partial charge in [-0.2, -0.15) is 15.0 Å². The second kappa shape index (κ2) is 6.54. The molecule has 0 N–H and O–H groups in total. The fourth-order valence-corrected chi connectivity index (χ4v) is 1.99. The van der Waals surface area contributed by atoms with Crippen LogP contribution in [0.15, 0.2) is 12.2 Å². The van der Waals surface area contributed by atoms with Crippen LogP contribution < -0.4 is 9.64 Å². The third-order valence-corrected chi connectivity index (χ3v) is 2.93. The van der Waals surface area contributed by atoms with Crippen molar-refractivity contribution in [3.63, 3.8) is 0 Å². The Morgan fingerprint density at radius 3 is 2.72 bits per heavy atom. The first-order chi connectivity index (χ1) is 8.79. The van der Waals surface area contributed by atoms with Crippen LogP contribution in [0, 0.1) is 0 Å². The molecule has 0 atom stereocenters. The molecule has 0 aliphatic carbocycles. The first kappa shape index (κ1) is 13.1. The molecule has 1 aliphatic heterocycles. The summed E-state index contributed by atoms with van der Waals surface area (Å²) in [6.07, 6.45) is 7.39. The number of hydrogen-bond donors (Lipinski definition) is 0. The molecule has 0 bridgehead atoms. The molecule has 2 rings (SSSR count). The number of anilines is 1. The van der Waals surface area contributed by atoms with Gasteiger partial charge in [-0.15, -0.1) is 0 Å². The molecular formula is C12H17ClN4O. The standard InChI is InChI=1S/C12H17ClN4O/c1-2-3-9-18-12-15-10(13)14-11(16-12)17-7-5-4-6-8-17/h2-3H,4-9H2,1H3/b3-2+. The van der Waals surface area contributed by atoms with Gasteiger partial charge in [0.25, 0.3) is 0 Å². The van der Waals surface area contributed by atoms with Gasteiger partial charge in [-0.1, -0.05) is 12.2 Å². The monoisotopic (exact) mass is 268 g/mol. The summed E-state index contributed by atoms with van der Waals surface area (Å²) < 4.78 is 5.40. The molecule has 0 unspecified atom stereocenters. The fourth-order valence-electron chi connectivity index (χ4n) is 1.84. The average molecular weight is 269 g/mol. The number of halogens is 1. The minimum absolute atomic E-state index is 0.182. The van der Waals surface area contributed by atoms with E-state index in [2.05, 4.69) is 19.9 Å². The molecule has 98 valence electrons. The minimum Gasteiger partial charge on any atom is -0.459 e. The fraction of sp³-hybridized carbons (Fsp3) is 0.583. The third kappa shape index (κ3) is 3.57. The molecular weight excluding hydrogens is 252 g/mol. The Bertz CT molecular complexity index is 419. The molecule has 0 spiro atoms.